The number of nitrogens with two attached hydrogens (primary N) is 1. The predicted octanol–water partition coefficient (Wildman–Crippen LogP) is 0.338. The second kappa shape index (κ2) is 4.39. The molecule has 5 nitrogen and oxygen atoms in total. The summed E-state index contributed by atoms with van der Waals surface area (Å²) in [6.07, 6.45) is 3.32. The van der Waals surface area contributed by atoms with Crippen molar-refractivity contribution < 1.29 is 4.79 Å². The topological polar surface area (TPSA) is 83.8 Å². The Morgan fingerprint density at radius 1 is 1.73 bits per heavy atom. The Kier molecular flexibility index (Phi) is 3.41. The zero-order valence-electron chi connectivity index (χ0n) is 8.70. The average Bonchev–Trinajstić information content (AvgIpc) is 2.66. The van der Waals surface area contributed by atoms with Gasteiger partial charge in [0.15, 0.2) is 0 Å². The molecule has 1 aromatic rings. The zero-order valence-corrected chi connectivity index (χ0v) is 9.52. The molecule has 1 amide bonds. The molecule has 0 aliphatic heterocycles. The van der Waals surface area contributed by atoms with Crippen molar-refractivity contribution in [2.24, 2.45) is 11.1 Å². The van der Waals surface area contributed by atoms with Crippen LogP contribution in [0.25, 0.3) is 0 Å². The summed E-state index contributed by atoms with van der Waals surface area (Å²) < 4.78 is 0. The van der Waals surface area contributed by atoms with Crippen LogP contribution in [0.4, 0.5) is 0 Å². The normalized spacial score (nSPS) is 11.1. The third-order valence-corrected chi connectivity index (χ3v) is 2.67. The fraction of sp³-hybridized carbons (Fsp3) is 0.444. The molecule has 0 aliphatic rings. The van der Waals surface area contributed by atoms with E-state index in [0.29, 0.717) is 12.4 Å². The number of rotatable bonds is 4. The Balaban J connectivity index is 2.53. The number of imidazole rings is 1. The minimum Gasteiger partial charge on any atom is -0.392 e. The molecule has 0 saturated heterocycles. The molecule has 0 aliphatic carbocycles. The molecule has 0 aromatic carbocycles. The van der Waals surface area contributed by atoms with E-state index in [4.69, 9.17) is 18.0 Å². The van der Waals surface area contributed by atoms with Gasteiger partial charge in [-0.2, -0.15) is 0 Å². The van der Waals surface area contributed by atoms with Crippen LogP contribution in [0.5, 0.6) is 0 Å². The monoisotopic (exact) mass is 226 g/mol. The first-order valence-electron chi connectivity index (χ1n) is 4.51. The first-order valence-corrected chi connectivity index (χ1v) is 4.92. The molecule has 1 rings (SSSR count). The standard InChI is InChI=1S/C9H14N4OS/c1-9(2,7(10)15)8(14)13-5-6-11-3-4-12-6/h3-4H,5H2,1-2H3,(H2,10,15)(H,11,12)(H,13,14). The Morgan fingerprint density at radius 2 is 2.40 bits per heavy atom. The maximum absolute atomic E-state index is 11.7. The van der Waals surface area contributed by atoms with Crippen LogP contribution in [-0.4, -0.2) is 20.9 Å². The molecule has 0 atom stereocenters. The molecule has 1 heterocycles. The smallest absolute Gasteiger partial charge is 0.232 e. The van der Waals surface area contributed by atoms with Crippen LogP contribution in [0, 0.1) is 5.41 Å². The van der Waals surface area contributed by atoms with Gasteiger partial charge in [-0.25, -0.2) is 4.98 Å². The highest BCUT2D eigenvalue weighted by Crippen LogP contribution is 2.15. The van der Waals surface area contributed by atoms with E-state index < -0.39 is 5.41 Å². The van der Waals surface area contributed by atoms with Gasteiger partial charge in [0, 0.05) is 12.4 Å². The summed E-state index contributed by atoms with van der Waals surface area (Å²) in [5.41, 5.74) is 4.64. The molecule has 1 aromatic heterocycles. The average molecular weight is 226 g/mol. The van der Waals surface area contributed by atoms with Crippen molar-refractivity contribution in [3.63, 3.8) is 0 Å². The third kappa shape index (κ3) is 2.76. The lowest BCUT2D eigenvalue weighted by Crippen LogP contribution is -2.44. The number of aromatic nitrogens is 2. The maximum atomic E-state index is 11.7. The van der Waals surface area contributed by atoms with Gasteiger partial charge in [-0.3, -0.25) is 4.79 Å². The SMILES string of the molecule is CC(C)(C(=O)NCc1ncc[nH]1)C(N)=S. The van der Waals surface area contributed by atoms with Gasteiger partial charge in [0.2, 0.25) is 5.91 Å². The van der Waals surface area contributed by atoms with Gasteiger partial charge < -0.3 is 16.0 Å². The zero-order chi connectivity index (χ0) is 11.5. The number of amides is 1. The van der Waals surface area contributed by atoms with E-state index in [1.807, 2.05) is 0 Å². The number of thiocarbonyl (C=S) groups is 1. The van der Waals surface area contributed by atoms with Crippen LogP contribution >= 0.6 is 12.2 Å². The lowest BCUT2D eigenvalue weighted by molar-refractivity contribution is -0.126. The molecular formula is C9H14N4OS. The van der Waals surface area contributed by atoms with Crippen LogP contribution in [0.2, 0.25) is 0 Å². The molecule has 0 fully saturated rings. The number of hydrogen-bond donors (Lipinski definition) is 3. The Hall–Kier alpha value is -1.43. The van der Waals surface area contributed by atoms with Crippen molar-refractivity contribution in [1.82, 2.24) is 15.3 Å². The first kappa shape index (κ1) is 11.6. The highest BCUT2D eigenvalue weighted by Gasteiger charge is 2.30. The molecule has 4 N–H and O–H groups in total. The van der Waals surface area contributed by atoms with Crippen LogP contribution in [-0.2, 0) is 11.3 Å². The van der Waals surface area contributed by atoms with E-state index in [1.54, 1.807) is 26.2 Å². The Labute approximate surface area is 93.5 Å². The van der Waals surface area contributed by atoms with Crippen LogP contribution in [0.15, 0.2) is 12.4 Å². The number of carbonyl (C=O) groups excluding carboxylic acids is 1. The van der Waals surface area contributed by atoms with E-state index >= 15 is 0 Å². The van der Waals surface area contributed by atoms with E-state index in [2.05, 4.69) is 15.3 Å². The van der Waals surface area contributed by atoms with Crippen LogP contribution < -0.4 is 11.1 Å². The lowest BCUT2D eigenvalue weighted by atomic mass is 9.92. The van der Waals surface area contributed by atoms with Crippen LogP contribution in [0.1, 0.15) is 19.7 Å². The van der Waals surface area contributed by atoms with E-state index in [1.165, 1.54) is 0 Å². The van der Waals surface area contributed by atoms with Gasteiger partial charge in [0.1, 0.15) is 5.82 Å². The van der Waals surface area contributed by atoms with Gasteiger partial charge in [0.05, 0.1) is 16.9 Å². The largest absolute Gasteiger partial charge is 0.392 e. The minimum atomic E-state index is -0.831. The Bertz CT molecular complexity index is 358. The lowest BCUT2D eigenvalue weighted by Gasteiger charge is -2.21. The summed E-state index contributed by atoms with van der Waals surface area (Å²) in [7, 11) is 0. The summed E-state index contributed by atoms with van der Waals surface area (Å²) in [5.74, 6) is 0.494. The molecule has 82 valence electrons. The Morgan fingerprint density at radius 3 is 2.87 bits per heavy atom. The summed E-state index contributed by atoms with van der Waals surface area (Å²) in [6, 6.07) is 0. The number of aromatic amines is 1. The maximum Gasteiger partial charge on any atom is 0.232 e. The number of nitrogens with one attached hydrogen (secondary N) is 2. The highest BCUT2D eigenvalue weighted by molar-refractivity contribution is 7.80. The summed E-state index contributed by atoms with van der Waals surface area (Å²) in [5, 5.41) is 2.71. The number of H-pyrrole nitrogens is 1. The molecule has 0 bridgehead atoms. The molecule has 6 heteroatoms. The summed E-state index contributed by atoms with van der Waals surface area (Å²) in [6.45, 7) is 3.72. The number of carbonyl (C=O) groups is 1. The summed E-state index contributed by atoms with van der Waals surface area (Å²) >= 11 is 4.82. The van der Waals surface area contributed by atoms with Crippen molar-refractivity contribution in [2.45, 2.75) is 20.4 Å². The quantitative estimate of drug-likeness (QED) is 0.646. The van der Waals surface area contributed by atoms with Gasteiger partial charge >= 0.3 is 0 Å². The molecule has 0 saturated carbocycles. The van der Waals surface area contributed by atoms with E-state index in [9.17, 15) is 4.79 Å². The molecule has 0 spiro atoms. The van der Waals surface area contributed by atoms with E-state index in [0.717, 1.165) is 0 Å². The van der Waals surface area contributed by atoms with Gasteiger partial charge in [-0.05, 0) is 13.8 Å². The second-order valence-electron chi connectivity index (χ2n) is 3.71. The fourth-order valence-electron chi connectivity index (χ4n) is 0.892. The van der Waals surface area contributed by atoms with Crippen LogP contribution in [0.3, 0.4) is 0 Å². The molecule has 0 radical (unpaired) electrons. The first-order chi connectivity index (χ1) is 6.94. The molecular weight excluding hydrogens is 212 g/mol. The fourth-order valence-corrected chi connectivity index (χ4v) is 0.984. The van der Waals surface area contributed by atoms with Crippen molar-refractivity contribution in [2.75, 3.05) is 0 Å². The minimum absolute atomic E-state index is 0.180. The number of hydrogen-bond acceptors (Lipinski definition) is 3. The second-order valence-corrected chi connectivity index (χ2v) is 4.15. The predicted molar refractivity (Wildman–Crippen MR) is 61.0 cm³/mol. The van der Waals surface area contributed by atoms with Crippen molar-refractivity contribution in [3.8, 4) is 0 Å². The van der Waals surface area contributed by atoms with Crippen molar-refractivity contribution in [3.05, 3.63) is 18.2 Å². The van der Waals surface area contributed by atoms with Gasteiger partial charge in [-0.1, -0.05) is 12.2 Å². The van der Waals surface area contributed by atoms with E-state index in [-0.39, 0.29) is 10.9 Å². The van der Waals surface area contributed by atoms with Crippen molar-refractivity contribution >= 4 is 23.1 Å². The van der Waals surface area contributed by atoms with Gasteiger partial charge in [-0.15, -0.1) is 0 Å². The van der Waals surface area contributed by atoms with Gasteiger partial charge in [0.25, 0.3) is 0 Å². The molecule has 0 unspecified atom stereocenters. The third-order valence-electron chi connectivity index (χ3n) is 2.15. The molecule has 15 heavy (non-hydrogen) atoms. The highest BCUT2D eigenvalue weighted by atomic mass is 32.1. The summed E-state index contributed by atoms with van der Waals surface area (Å²) in [4.78, 5) is 18.7. The number of nitrogens with zero attached hydrogens (tertiary/aromatic N) is 1. The van der Waals surface area contributed by atoms with Crippen molar-refractivity contribution in [1.29, 1.82) is 0 Å².